The van der Waals surface area contributed by atoms with Crippen LogP contribution in [0.1, 0.15) is 22.7 Å². The highest BCUT2D eigenvalue weighted by molar-refractivity contribution is 5.24. The van der Waals surface area contributed by atoms with Crippen LogP contribution in [-0.2, 0) is 13.5 Å². The van der Waals surface area contributed by atoms with Crippen LogP contribution in [0.15, 0.2) is 36.7 Å². The maximum atomic E-state index is 5.60. The van der Waals surface area contributed by atoms with E-state index in [0.29, 0.717) is 0 Å². The normalized spacial score (nSPS) is 12.6. The van der Waals surface area contributed by atoms with E-state index in [1.165, 1.54) is 11.1 Å². The maximum Gasteiger partial charge on any atom is 0.0538 e. The Morgan fingerprint density at radius 1 is 1.35 bits per heavy atom. The summed E-state index contributed by atoms with van der Waals surface area (Å²) in [6, 6.07) is 8.61. The molecule has 1 aromatic carbocycles. The van der Waals surface area contributed by atoms with Gasteiger partial charge in [-0.25, -0.2) is 0 Å². The number of aryl methyl sites for hydroxylation is 2. The van der Waals surface area contributed by atoms with Gasteiger partial charge in [0.15, 0.2) is 0 Å². The van der Waals surface area contributed by atoms with E-state index in [1.54, 1.807) is 4.68 Å². The molecule has 1 aromatic heterocycles. The molecule has 0 bridgehead atoms. The molecular weight excluding hydrogens is 212 g/mol. The first-order chi connectivity index (χ1) is 8.19. The standard InChI is InChI=1S/C13H18N4/c1-10-3-5-11(6-4-10)7-13(16-14)12-8-15-17(2)9-12/h3-6,8-9,13,16H,7,14H2,1-2H3. The minimum atomic E-state index is 0.103. The summed E-state index contributed by atoms with van der Waals surface area (Å²) in [5.74, 6) is 5.60. The molecule has 0 saturated heterocycles. The van der Waals surface area contributed by atoms with Crippen molar-refractivity contribution in [2.24, 2.45) is 12.9 Å². The lowest BCUT2D eigenvalue weighted by Crippen LogP contribution is -2.29. The number of rotatable bonds is 4. The lowest BCUT2D eigenvalue weighted by Gasteiger charge is -2.14. The fraction of sp³-hybridized carbons (Fsp3) is 0.308. The number of nitrogens with one attached hydrogen (secondary N) is 1. The molecule has 0 fully saturated rings. The van der Waals surface area contributed by atoms with E-state index in [-0.39, 0.29) is 6.04 Å². The van der Waals surface area contributed by atoms with Gasteiger partial charge in [-0.1, -0.05) is 29.8 Å². The molecule has 1 atom stereocenters. The summed E-state index contributed by atoms with van der Waals surface area (Å²) < 4.78 is 1.79. The first-order valence-electron chi connectivity index (χ1n) is 5.69. The smallest absolute Gasteiger partial charge is 0.0538 e. The van der Waals surface area contributed by atoms with Crippen LogP contribution in [0.2, 0.25) is 0 Å². The van der Waals surface area contributed by atoms with Crippen molar-refractivity contribution in [1.82, 2.24) is 15.2 Å². The number of aromatic nitrogens is 2. The summed E-state index contributed by atoms with van der Waals surface area (Å²) in [5, 5.41) is 4.16. The maximum absolute atomic E-state index is 5.60. The zero-order chi connectivity index (χ0) is 12.3. The molecule has 0 aliphatic carbocycles. The summed E-state index contributed by atoms with van der Waals surface area (Å²) in [4.78, 5) is 0. The SMILES string of the molecule is Cc1ccc(CC(NN)c2cnn(C)c2)cc1. The molecule has 4 nitrogen and oxygen atoms in total. The van der Waals surface area contributed by atoms with Gasteiger partial charge in [-0.05, 0) is 18.9 Å². The Balaban J connectivity index is 2.12. The van der Waals surface area contributed by atoms with Crippen molar-refractivity contribution >= 4 is 0 Å². The number of nitrogens with zero attached hydrogens (tertiary/aromatic N) is 2. The molecule has 0 spiro atoms. The van der Waals surface area contributed by atoms with Crippen molar-refractivity contribution in [3.05, 3.63) is 53.3 Å². The van der Waals surface area contributed by atoms with Crippen LogP contribution >= 0.6 is 0 Å². The van der Waals surface area contributed by atoms with E-state index in [0.717, 1.165) is 12.0 Å². The number of hydrogen-bond acceptors (Lipinski definition) is 3. The molecule has 0 saturated carbocycles. The molecule has 1 unspecified atom stereocenters. The van der Waals surface area contributed by atoms with Crippen LogP contribution in [-0.4, -0.2) is 9.78 Å². The van der Waals surface area contributed by atoms with Crippen LogP contribution in [0.25, 0.3) is 0 Å². The third kappa shape index (κ3) is 2.93. The highest BCUT2D eigenvalue weighted by atomic mass is 15.3. The average molecular weight is 230 g/mol. The monoisotopic (exact) mass is 230 g/mol. The van der Waals surface area contributed by atoms with Crippen LogP contribution in [0.4, 0.5) is 0 Å². The van der Waals surface area contributed by atoms with Crippen molar-refractivity contribution in [3.8, 4) is 0 Å². The molecule has 90 valence electrons. The van der Waals surface area contributed by atoms with Gasteiger partial charge in [-0.2, -0.15) is 5.10 Å². The minimum Gasteiger partial charge on any atom is -0.275 e. The second-order valence-corrected chi connectivity index (χ2v) is 4.36. The first-order valence-corrected chi connectivity index (χ1v) is 5.69. The van der Waals surface area contributed by atoms with Crippen molar-refractivity contribution in [1.29, 1.82) is 0 Å². The Morgan fingerprint density at radius 2 is 2.06 bits per heavy atom. The predicted octanol–water partition coefficient (Wildman–Crippen LogP) is 1.48. The predicted molar refractivity (Wildman–Crippen MR) is 68.2 cm³/mol. The van der Waals surface area contributed by atoms with Gasteiger partial charge in [0.05, 0.1) is 12.2 Å². The van der Waals surface area contributed by atoms with Crippen LogP contribution in [0.3, 0.4) is 0 Å². The molecule has 0 radical (unpaired) electrons. The quantitative estimate of drug-likeness (QED) is 0.618. The topological polar surface area (TPSA) is 55.9 Å². The van der Waals surface area contributed by atoms with Crippen LogP contribution in [0.5, 0.6) is 0 Å². The van der Waals surface area contributed by atoms with Crippen LogP contribution in [0, 0.1) is 6.92 Å². The van der Waals surface area contributed by atoms with E-state index in [2.05, 4.69) is 41.7 Å². The molecule has 4 heteroatoms. The highest BCUT2D eigenvalue weighted by Gasteiger charge is 2.12. The van der Waals surface area contributed by atoms with E-state index in [9.17, 15) is 0 Å². The van der Waals surface area contributed by atoms with Gasteiger partial charge in [-0.15, -0.1) is 0 Å². The Bertz CT molecular complexity index is 472. The summed E-state index contributed by atoms with van der Waals surface area (Å²) in [6.45, 7) is 2.09. The molecule has 1 heterocycles. The molecule has 2 rings (SSSR count). The summed E-state index contributed by atoms with van der Waals surface area (Å²) in [5.41, 5.74) is 6.49. The fourth-order valence-corrected chi connectivity index (χ4v) is 1.85. The van der Waals surface area contributed by atoms with Gasteiger partial charge in [0.2, 0.25) is 0 Å². The second kappa shape index (κ2) is 5.12. The number of benzene rings is 1. The Labute approximate surface area is 101 Å². The molecule has 2 aromatic rings. The number of hydrogen-bond donors (Lipinski definition) is 2. The molecule has 17 heavy (non-hydrogen) atoms. The third-order valence-corrected chi connectivity index (χ3v) is 2.89. The summed E-state index contributed by atoms with van der Waals surface area (Å²) in [6.07, 6.45) is 4.69. The fourth-order valence-electron chi connectivity index (χ4n) is 1.85. The Hall–Kier alpha value is -1.65. The van der Waals surface area contributed by atoms with Crippen molar-refractivity contribution in [2.75, 3.05) is 0 Å². The third-order valence-electron chi connectivity index (χ3n) is 2.89. The lowest BCUT2D eigenvalue weighted by atomic mass is 10.0. The van der Waals surface area contributed by atoms with Gasteiger partial charge in [0.25, 0.3) is 0 Å². The van der Waals surface area contributed by atoms with E-state index >= 15 is 0 Å². The van der Waals surface area contributed by atoms with Gasteiger partial charge >= 0.3 is 0 Å². The van der Waals surface area contributed by atoms with Crippen molar-refractivity contribution in [3.63, 3.8) is 0 Å². The Morgan fingerprint density at radius 3 is 2.59 bits per heavy atom. The van der Waals surface area contributed by atoms with Crippen molar-refractivity contribution < 1.29 is 0 Å². The lowest BCUT2D eigenvalue weighted by molar-refractivity contribution is 0.551. The number of nitrogens with two attached hydrogens (primary N) is 1. The first kappa shape index (κ1) is 11.8. The summed E-state index contributed by atoms with van der Waals surface area (Å²) in [7, 11) is 1.91. The number of hydrazine groups is 1. The van der Waals surface area contributed by atoms with Gasteiger partial charge < -0.3 is 0 Å². The van der Waals surface area contributed by atoms with E-state index in [1.807, 2.05) is 19.4 Å². The largest absolute Gasteiger partial charge is 0.275 e. The van der Waals surface area contributed by atoms with E-state index in [4.69, 9.17) is 5.84 Å². The molecule has 0 amide bonds. The Kier molecular flexibility index (Phi) is 3.56. The van der Waals surface area contributed by atoms with Gasteiger partial charge in [0, 0.05) is 18.8 Å². The van der Waals surface area contributed by atoms with Gasteiger partial charge in [0.1, 0.15) is 0 Å². The van der Waals surface area contributed by atoms with Crippen LogP contribution < -0.4 is 11.3 Å². The highest BCUT2D eigenvalue weighted by Crippen LogP contribution is 2.17. The average Bonchev–Trinajstić information content (AvgIpc) is 2.75. The van der Waals surface area contributed by atoms with E-state index < -0.39 is 0 Å². The van der Waals surface area contributed by atoms with Gasteiger partial charge in [-0.3, -0.25) is 16.0 Å². The second-order valence-electron chi connectivity index (χ2n) is 4.36. The zero-order valence-corrected chi connectivity index (χ0v) is 10.2. The molecule has 3 N–H and O–H groups in total. The molecule has 0 aliphatic rings. The summed E-state index contributed by atoms with van der Waals surface area (Å²) >= 11 is 0. The molecular formula is C13H18N4. The van der Waals surface area contributed by atoms with Crippen molar-refractivity contribution in [2.45, 2.75) is 19.4 Å². The minimum absolute atomic E-state index is 0.103. The molecule has 0 aliphatic heterocycles. The zero-order valence-electron chi connectivity index (χ0n) is 10.2.